The number of carbonyl (C=O) groups excluding carboxylic acids is 2. The first-order chi connectivity index (χ1) is 17.2. The van der Waals surface area contributed by atoms with Gasteiger partial charge in [-0.3, -0.25) is 24.3 Å². The molecule has 36 heavy (non-hydrogen) atoms. The standard InChI is InChI=1S/C25H21N3O7S/c1-4-34-24(31)21-14(2)26-25-27(22(21)16-9-11-18(12-10-16)35-15(3)29)23(30)20(36-25)13-17-7-5-6-8-19(17)28(32)33/h5-13,22H,4H2,1-3H3/b20-13-/t22-/m1/s1. The highest BCUT2D eigenvalue weighted by Gasteiger charge is 2.33. The molecule has 1 aliphatic heterocycles. The molecule has 0 saturated heterocycles. The van der Waals surface area contributed by atoms with Crippen molar-refractivity contribution in [2.24, 2.45) is 4.99 Å². The molecule has 2 aromatic carbocycles. The monoisotopic (exact) mass is 507 g/mol. The van der Waals surface area contributed by atoms with Crippen LogP contribution in [0.2, 0.25) is 0 Å². The zero-order valence-corrected chi connectivity index (χ0v) is 20.4. The molecule has 11 heteroatoms. The molecule has 0 unspecified atom stereocenters. The van der Waals surface area contributed by atoms with Gasteiger partial charge in [0.1, 0.15) is 5.75 Å². The smallest absolute Gasteiger partial charge is 0.338 e. The van der Waals surface area contributed by atoms with Crippen molar-refractivity contribution in [2.45, 2.75) is 26.8 Å². The molecule has 0 saturated carbocycles. The summed E-state index contributed by atoms with van der Waals surface area (Å²) in [5.74, 6) is -0.775. The van der Waals surface area contributed by atoms with Crippen LogP contribution in [0.25, 0.3) is 6.08 Å². The van der Waals surface area contributed by atoms with E-state index in [9.17, 15) is 24.5 Å². The van der Waals surface area contributed by atoms with Gasteiger partial charge in [-0.05, 0) is 43.7 Å². The fourth-order valence-electron chi connectivity index (χ4n) is 3.91. The maximum absolute atomic E-state index is 13.6. The molecule has 0 radical (unpaired) electrons. The second kappa shape index (κ2) is 10.1. The van der Waals surface area contributed by atoms with Crippen molar-refractivity contribution in [3.63, 3.8) is 0 Å². The number of carbonyl (C=O) groups is 2. The molecule has 0 aliphatic carbocycles. The van der Waals surface area contributed by atoms with Crippen molar-refractivity contribution in [3.8, 4) is 5.75 Å². The number of hydrogen-bond donors (Lipinski definition) is 0. The molecule has 1 aliphatic rings. The number of rotatable bonds is 6. The van der Waals surface area contributed by atoms with Gasteiger partial charge >= 0.3 is 11.9 Å². The van der Waals surface area contributed by atoms with Crippen molar-refractivity contribution in [3.05, 3.63) is 101 Å². The number of benzene rings is 2. The maximum Gasteiger partial charge on any atom is 0.338 e. The second-order valence-corrected chi connectivity index (χ2v) is 8.79. The summed E-state index contributed by atoms with van der Waals surface area (Å²) >= 11 is 1.07. The third kappa shape index (κ3) is 4.73. The molecule has 10 nitrogen and oxygen atoms in total. The Balaban J connectivity index is 1.93. The largest absolute Gasteiger partial charge is 0.463 e. The van der Waals surface area contributed by atoms with Crippen molar-refractivity contribution < 1.29 is 24.0 Å². The first-order valence-corrected chi connectivity index (χ1v) is 11.7. The van der Waals surface area contributed by atoms with Crippen LogP contribution in [0.5, 0.6) is 5.75 Å². The van der Waals surface area contributed by atoms with Crippen LogP contribution < -0.4 is 19.6 Å². The number of fused-ring (bicyclic) bond motifs is 1. The first-order valence-electron chi connectivity index (χ1n) is 10.9. The SMILES string of the molecule is CCOC(=O)C1=C(C)N=c2s/c(=C\c3ccccc3[N+](=O)[O-])c(=O)n2[C@@H]1c1ccc(OC(C)=O)cc1. The summed E-state index contributed by atoms with van der Waals surface area (Å²) in [7, 11) is 0. The number of hydrogen-bond acceptors (Lipinski definition) is 9. The molecule has 4 rings (SSSR count). The Bertz CT molecular complexity index is 1580. The molecular weight excluding hydrogens is 486 g/mol. The predicted octanol–water partition coefficient (Wildman–Crippen LogP) is 2.63. The summed E-state index contributed by atoms with van der Waals surface area (Å²) in [6.07, 6.45) is 1.45. The summed E-state index contributed by atoms with van der Waals surface area (Å²) in [6.45, 7) is 4.76. The van der Waals surface area contributed by atoms with Gasteiger partial charge in [-0.25, -0.2) is 9.79 Å². The van der Waals surface area contributed by atoms with Gasteiger partial charge in [-0.1, -0.05) is 35.6 Å². The van der Waals surface area contributed by atoms with Gasteiger partial charge in [-0.2, -0.15) is 0 Å². The van der Waals surface area contributed by atoms with E-state index >= 15 is 0 Å². The Morgan fingerprint density at radius 3 is 2.53 bits per heavy atom. The zero-order chi connectivity index (χ0) is 26.0. The number of thiazole rings is 1. The van der Waals surface area contributed by atoms with Crippen molar-refractivity contribution >= 4 is 35.0 Å². The average molecular weight is 508 g/mol. The minimum atomic E-state index is -0.861. The van der Waals surface area contributed by atoms with E-state index < -0.39 is 28.5 Å². The highest BCUT2D eigenvalue weighted by Crippen LogP contribution is 2.31. The van der Waals surface area contributed by atoms with Gasteiger partial charge in [0, 0.05) is 13.0 Å². The number of allylic oxidation sites excluding steroid dienone is 1. The molecule has 1 aromatic heterocycles. The fraction of sp³-hybridized carbons (Fsp3) is 0.200. The van der Waals surface area contributed by atoms with E-state index in [4.69, 9.17) is 9.47 Å². The molecule has 1 atom stereocenters. The van der Waals surface area contributed by atoms with E-state index in [0.29, 0.717) is 21.8 Å². The number of nitro groups is 1. The van der Waals surface area contributed by atoms with E-state index in [2.05, 4.69) is 4.99 Å². The molecule has 0 N–H and O–H groups in total. The Hall–Kier alpha value is -4.38. The van der Waals surface area contributed by atoms with Gasteiger partial charge in [0.15, 0.2) is 4.80 Å². The van der Waals surface area contributed by atoms with Crippen molar-refractivity contribution in [1.82, 2.24) is 4.57 Å². The molecule has 184 valence electrons. The van der Waals surface area contributed by atoms with Crippen LogP contribution in [0, 0.1) is 10.1 Å². The lowest BCUT2D eigenvalue weighted by molar-refractivity contribution is -0.385. The third-order valence-electron chi connectivity index (χ3n) is 5.39. The van der Waals surface area contributed by atoms with Gasteiger partial charge < -0.3 is 9.47 Å². The number of esters is 2. The highest BCUT2D eigenvalue weighted by atomic mass is 32.1. The summed E-state index contributed by atoms with van der Waals surface area (Å²) in [5, 5.41) is 11.4. The lowest BCUT2D eigenvalue weighted by Gasteiger charge is -2.24. The van der Waals surface area contributed by atoms with Crippen LogP contribution in [0.1, 0.15) is 37.9 Å². The minimum absolute atomic E-state index is 0.135. The first kappa shape index (κ1) is 24.7. The number of nitrogens with zero attached hydrogens (tertiary/aromatic N) is 3. The van der Waals surface area contributed by atoms with Crippen LogP contribution in [0.15, 0.2) is 69.6 Å². The summed E-state index contributed by atoms with van der Waals surface area (Å²) < 4.78 is 12.0. The van der Waals surface area contributed by atoms with Crippen molar-refractivity contribution in [2.75, 3.05) is 6.61 Å². The lowest BCUT2D eigenvalue weighted by atomic mass is 9.96. The van der Waals surface area contributed by atoms with Gasteiger partial charge in [-0.15, -0.1) is 0 Å². The van der Waals surface area contributed by atoms with Crippen LogP contribution in [-0.4, -0.2) is 28.0 Å². The second-order valence-electron chi connectivity index (χ2n) is 7.78. The summed E-state index contributed by atoms with van der Waals surface area (Å²) in [6, 6.07) is 11.7. The Kier molecular flexibility index (Phi) is 6.93. The Labute approximate surface area is 208 Å². The molecule has 0 bridgehead atoms. The lowest BCUT2D eigenvalue weighted by Crippen LogP contribution is -2.39. The van der Waals surface area contributed by atoms with E-state index in [1.54, 1.807) is 56.3 Å². The number of para-hydroxylation sites is 1. The number of aromatic nitrogens is 1. The molecule has 0 fully saturated rings. The maximum atomic E-state index is 13.6. The van der Waals surface area contributed by atoms with E-state index in [-0.39, 0.29) is 28.0 Å². The Morgan fingerprint density at radius 1 is 1.19 bits per heavy atom. The van der Waals surface area contributed by atoms with Crippen LogP contribution in [0.4, 0.5) is 5.69 Å². The number of ether oxygens (including phenoxy) is 2. The Morgan fingerprint density at radius 2 is 1.89 bits per heavy atom. The minimum Gasteiger partial charge on any atom is -0.463 e. The zero-order valence-electron chi connectivity index (χ0n) is 19.6. The van der Waals surface area contributed by atoms with Gasteiger partial charge in [0.05, 0.1) is 38.9 Å². The molecular formula is C25H21N3O7S. The molecule has 0 amide bonds. The summed E-state index contributed by atoms with van der Waals surface area (Å²) in [5.41, 5.74) is 0.838. The molecule has 3 aromatic rings. The van der Waals surface area contributed by atoms with Crippen LogP contribution >= 0.6 is 11.3 Å². The normalized spacial score (nSPS) is 15.2. The number of nitro benzene ring substituents is 1. The van der Waals surface area contributed by atoms with Gasteiger partial charge in [0.2, 0.25) is 0 Å². The highest BCUT2D eigenvalue weighted by molar-refractivity contribution is 7.07. The average Bonchev–Trinajstić information content (AvgIpc) is 3.13. The summed E-state index contributed by atoms with van der Waals surface area (Å²) in [4.78, 5) is 53.6. The molecule has 0 spiro atoms. The topological polar surface area (TPSA) is 130 Å². The fourth-order valence-corrected chi connectivity index (χ4v) is 4.95. The van der Waals surface area contributed by atoms with E-state index in [0.717, 1.165) is 11.3 Å². The van der Waals surface area contributed by atoms with Crippen molar-refractivity contribution in [1.29, 1.82) is 0 Å². The van der Waals surface area contributed by atoms with Crippen LogP contribution in [-0.2, 0) is 14.3 Å². The third-order valence-corrected chi connectivity index (χ3v) is 6.38. The van der Waals surface area contributed by atoms with E-state index in [1.807, 2.05) is 0 Å². The predicted molar refractivity (Wildman–Crippen MR) is 131 cm³/mol. The van der Waals surface area contributed by atoms with Gasteiger partial charge in [0.25, 0.3) is 11.2 Å². The quantitative estimate of drug-likeness (QED) is 0.217. The van der Waals surface area contributed by atoms with Crippen LogP contribution in [0.3, 0.4) is 0 Å². The van der Waals surface area contributed by atoms with E-state index in [1.165, 1.54) is 23.6 Å². The molecule has 2 heterocycles.